The minimum absolute atomic E-state index is 0.211. The number of nitrogens with zero attached hydrogens (tertiary/aromatic N) is 1. The standard InChI is InChI=1S/C20H26N2O4S2/c1-5-19(15-9-11-17(26-2)12-10-15)21-20(23)14-22(28(4,24)25)16-7-6-8-18(13-16)27-3/h6-13,19H,5,14H2,1-4H3,(H,21,23)/t19-/m1/s1. The number of hydrogen-bond acceptors (Lipinski definition) is 5. The molecule has 0 heterocycles. The minimum atomic E-state index is -3.61. The van der Waals surface area contributed by atoms with Crippen LogP contribution in [-0.2, 0) is 14.8 Å². The van der Waals surface area contributed by atoms with Crippen molar-refractivity contribution in [2.45, 2.75) is 24.3 Å². The van der Waals surface area contributed by atoms with Gasteiger partial charge in [0, 0.05) is 4.90 Å². The third-order valence-corrected chi connectivity index (χ3v) is 6.16. The zero-order chi connectivity index (χ0) is 20.7. The fourth-order valence-corrected chi connectivity index (χ4v) is 4.09. The van der Waals surface area contributed by atoms with E-state index in [2.05, 4.69) is 5.32 Å². The van der Waals surface area contributed by atoms with Gasteiger partial charge in [0.25, 0.3) is 0 Å². The number of sulfonamides is 1. The SMILES string of the molecule is CC[C@@H](NC(=O)CN(c1cccc(SC)c1)S(C)(=O)=O)c1ccc(OC)cc1. The average Bonchev–Trinajstić information content (AvgIpc) is 2.69. The summed E-state index contributed by atoms with van der Waals surface area (Å²) in [7, 11) is -2.01. The van der Waals surface area contributed by atoms with Crippen LogP contribution in [0.3, 0.4) is 0 Å². The minimum Gasteiger partial charge on any atom is -0.497 e. The summed E-state index contributed by atoms with van der Waals surface area (Å²) in [6.45, 7) is 1.69. The van der Waals surface area contributed by atoms with Crippen LogP contribution in [0.1, 0.15) is 24.9 Å². The Labute approximate surface area is 171 Å². The second kappa shape index (κ2) is 9.84. The molecule has 0 saturated heterocycles. The third-order valence-electron chi connectivity index (χ3n) is 4.29. The number of benzene rings is 2. The van der Waals surface area contributed by atoms with E-state index < -0.39 is 10.0 Å². The zero-order valence-electron chi connectivity index (χ0n) is 16.5. The second-order valence-electron chi connectivity index (χ2n) is 6.27. The molecule has 0 fully saturated rings. The predicted octanol–water partition coefficient (Wildman–Crippen LogP) is 3.45. The molecule has 1 amide bonds. The van der Waals surface area contributed by atoms with Gasteiger partial charge in [0.1, 0.15) is 12.3 Å². The van der Waals surface area contributed by atoms with Crippen LogP contribution in [0.25, 0.3) is 0 Å². The molecule has 8 heteroatoms. The smallest absolute Gasteiger partial charge is 0.241 e. The molecular formula is C20H26N2O4S2. The Kier molecular flexibility index (Phi) is 7.77. The molecule has 2 aromatic carbocycles. The van der Waals surface area contributed by atoms with E-state index in [1.807, 2.05) is 43.5 Å². The summed E-state index contributed by atoms with van der Waals surface area (Å²) >= 11 is 1.51. The molecule has 0 aromatic heterocycles. The highest BCUT2D eigenvalue weighted by Crippen LogP contribution is 2.24. The van der Waals surface area contributed by atoms with Crippen molar-refractivity contribution in [1.29, 1.82) is 0 Å². The molecule has 0 unspecified atom stereocenters. The number of carbonyl (C=O) groups excluding carboxylic acids is 1. The number of carbonyl (C=O) groups is 1. The van der Waals surface area contributed by atoms with Crippen LogP contribution < -0.4 is 14.4 Å². The van der Waals surface area contributed by atoms with Gasteiger partial charge in [-0.3, -0.25) is 9.10 Å². The normalized spacial score (nSPS) is 12.3. The Morgan fingerprint density at radius 3 is 2.43 bits per heavy atom. The quantitative estimate of drug-likeness (QED) is 0.627. The Morgan fingerprint density at radius 2 is 1.89 bits per heavy atom. The van der Waals surface area contributed by atoms with Crippen LogP contribution in [0.15, 0.2) is 53.4 Å². The first-order chi connectivity index (χ1) is 13.3. The predicted molar refractivity (Wildman–Crippen MR) is 115 cm³/mol. The number of thioether (sulfide) groups is 1. The van der Waals surface area contributed by atoms with Gasteiger partial charge in [-0.25, -0.2) is 8.42 Å². The van der Waals surface area contributed by atoms with E-state index in [0.717, 1.165) is 26.8 Å². The van der Waals surface area contributed by atoms with Crippen molar-refractivity contribution in [3.8, 4) is 5.75 Å². The van der Waals surface area contributed by atoms with Gasteiger partial charge in [0.15, 0.2) is 0 Å². The van der Waals surface area contributed by atoms with E-state index in [4.69, 9.17) is 4.74 Å². The molecule has 2 aromatic rings. The van der Waals surface area contributed by atoms with Crippen molar-refractivity contribution in [2.24, 2.45) is 0 Å². The van der Waals surface area contributed by atoms with Crippen LogP contribution in [0.2, 0.25) is 0 Å². The summed E-state index contributed by atoms with van der Waals surface area (Å²) in [6.07, 6.45) is 3.70. The van der Waals surface area contributed by atoms with Gasteiger partial charge in [-0.05, 0) is 48.6 Å². The summed E-state index contributed by atoms with van der Waals surface area (Å²) in [5.41, 5.74) is 1.41. The molecule has 0 aliphatic rings. The molecule has 152 valence electrons. The molecule has 28 heavy (non-hydrogen) atoms. The molecule has 1 N–H and O–H groups in total. The van der Waals surface area contributed by atoms with E-state index in [1.165, 1.54) is 11.8 Å². The van der Waals surface area contributed by atoms with Gasteiger partial charge >= 0.3 is 0 Å². The number of anilines is 1. The first-order valence-corrected chi connectivity index (χ1v) is 11.9. The highest BCUT2D eigenvalue weighted by atomic mass is 32.2. The van der Waals surface area contributed by atoms with Crippen molar-refractivity contribution in [3.05, 3.63) is 54.1 Å². The Balaban J connectivity index is 2.18. The van der Waals surface area contributed by atoms with Gasteiger partial charge in [0.05, 0.1) is 25.1 Å². The first-order valence-electron chi connectivity index (χ1n) is 8.83. The molecule has 6 nitrogen and oxygen atoms in total. The number of rotatable bonds is 9. The van der Waals surface area contributed by atoms with Crippen LogP contribution >= 0.6 is 11.8 Å². The van der Waals surface area contributed by atoms with E-state index in [9.17, 15) is 13.2 Å². The topological polar surface area (TPSA) is 75.7 Å². The van der Waals surface area contributed by atoms with E-state index in [1.54, 1.807) is 25.3 Å². The summed E-state index contributed by atoms with van der Waals surface area (Å²) in [6, 6.07) is 14.4. The molecule has 0 aliphatic heterocycles. The van der Waals surface area contributed by atoms with Gasteiger partial charge in [0.2, 0.25) is 15.9 Å². The Morgan fingerprint density at radius 1 is 1.21 bits per heavy atom. The van der Waals surface area contributed by atoms with Crippen molar-refractivity contribution in [1.82, 2.24) is 5.32 Å². The highest BCUT2D eigenvalue weighted by molar-refractivity contribution is 7.98. The average molecular weight is 423 g/mol. The van der Waals surface area contributed by atoms with Crippen LogP contribution in [0, 0.1) is 0 Å². The summed E-state index contributed by atoms with van der Waals surface area (Å²) in [5, 5.41) is 2.93. The van der Waals surface area contributed by atoms with Crippen LogP contribution in [0.5, 0.6) is 5.75 Å². The lowest BCUT2D eigenvalue weighted by Crippen LogP contribution is -2.41. The molecule has 0 aliphatic carbocycles. The Hall–Kier alpha value is -2.19. The van der Waals surface area contributed by atoms with Crippen molar-refractivity contribution in [2.75, 3.05) is 30.5 Å². The maximum absolute atomic E-state index is 12.6. The lowest BCUT2D eigenvalue weighted by atomic mass is 10.0. The van der Waals surface area contributed by atoms with Crippen molar-refractivity contribution in [3.63, 3.8) is 0 Å². The number of ether oxygens (including phenoxy) is 1. The van der Waals surface area contributed by atoms with Crippen molar-refractivity contribution < 1.29 is 17.9 Å². The number of nitrogens with one attached hydrogen (secondary N) is 1. The molecular weight excluding hydrogens is 396 g/mol. The lowest BCUT2D eigenvalue weighted by molar-refractivity contribution is -0.120. The maximum atomic E-state index is 12.6. The number of amides is 1. The molecule has 1 atom stereocenters. The highest BCUT2D eigenvalue weighted by Gasteiger charge is 2.22. The zero-order valence-corrected chi connectivity index (χ0v) is 18.1. The molecule has 0 bridgehead atoms. The fraction of sp³-hybridized carbons (Fsp3) is 0.350. The van der Waals surface area contributed by atoms with E-state index in [0.29, 0.717) is 12.1 Å². The monoisotopic (exact) mass is 422 g/mol. The molecule has 0 radical (unpaired) electrons. The second-order valence-corrected chi connectivity index (χ2v) is 9.06. The van der Waals surface area contributed by atoms with Gasteiger partial charge < -0.3 is 10.1 Å². The van der Waals surface area contributed by atoms with Crippen molar-refractivity contribution >= 4 is 33.4 Å². The van der Waals surface area contributed by atoms with E-state index in [-0.39, 0.29) is 18.5 Å². The van der Waals surface area contributed by atoms with Gasteiger partial charge in [-0.2, -0.15) is 0 Å². The Bertz CT molecular complexity index is 899. The third kappa shape index (κ3) is 5.90. The fourth-order valence-electron chi connectivity index (χ4n) is 2.79. The number of methoxy groups -OCH3 is 1. The summed E-state index contributed by atoms with van der Waals surface area (Å²) in [5.74, 6) is 0.379. The van der Waals surface area contributed by atoms with Crippen LogP contribution in [-0.4, -0.2) is 40.5 Å². The van der Waals surface area contributed by atoms with Gasteiger partial charge in [-0.15, -0.1) is 11.8 Å². The summed E-state index contributed by atoms with van der Waals surface area (Å²) < 4.78 is 30.9. The number of hydrogen-bond donors (Lipinski definition) is 1. The summed E-state index contributed by atoms with van der Waals surface area (Å²) in [4.78, 5) is 13.6. The molecule has 2 rings (SSSR count). The molecule has 0 spiro atoms. The largest absolute Gasteiger partial charge is 0.497 e. The first kappa shape index (κ1) is 22.1. The van der Waals surface area contributed by atoms with Gasteiger partial charge in [-0.1, -0.05) is 25.1 Å². The van der Waals surface area contributed by atoms with Crippen LogP contribution in [0.4, 0.5) is 5.69 Å². The van der Waals surface area contributed by atoms with E-state index >= 15 is 0 Å². The molecule has 0 saturated carbocycles. The maximum Gasteiger partial charge on any atom is 0.241 e. The lowest BCUT2D eigenvalue weighted by Gasteiger charge is -2.24.